The fourth-order valence-electron chi connectivity index (χ4n) is 2.25. The highest BCUT2D eigenvalue weighted by Gasteiger charge is 2.17. The highest BCUT2D eigenvalue weighted by Crippen LogP contribution is 2.20. The molecule has 1 unspecified atom stereocenters. The zero-order chi connectivity index (χ0) is 12.1. The molecule has 1 saturated heterocycles. The molecular formula is C11H19ClN4S. The van der Waals surface area contributed by atoms with E-state index in [2.05, 4.69) is 26.7 Å². The summed E-state index contributed by atoms with van der Waals surface area (Å²) in [6, 6.07) is 0. The highest BCUT2D eigenvalue weighted by atomic mass is 35.5. The molecule has 0 amide bonds. The second kappa shape index (κ2) is 6.64. The van der Waals surface area contributed by atoms with Crippen LogP contribution in [-0.4, -0.2) is 40.7 Å². The summed E-state index contributed by atoms with van der Waals surface area (Å²) in [5.41, 5.74) is 0.919. The first kappa shape index (κ1) is 13.2. The van der Waals surface area contributed by atoms with Gasteiger partial charge in [0, 0.05) is 24.6 Å². The molecule has 96 valence electrons. The topological polar surface area (TPSA) is 41.1 Å². The first-order valence-corrected chi connectivity index (χ1v) is 7.34. The van der Waals surface area contributed by atoms with Crippen LogP contribution < -0.4 is 5.32 Å². The van der Waals surface area contributed by atoms with Gasteiger partial charge in [-0.05, 0) is 38.4 Å². The minimum Gasteiger partial charge on any atom is -0.316 e. The summed E-state index contributed by atoms with van der Waals surface area (Å²) in [5, 5.41) is 7.53. The molecule has 2 heterocycles. The number of halogens is 1. The molecule has 1 N–H and O–H groups in total. The van der Waals surface area contributed by atoms with E-state index >= 15 is 0 Å². The van der Waals surface area contributed by atoms with Crippen LogP contribution in [0.1, 0.15) is 25.5 Å². The third-order valence-electron chi connectivity index (χ3n) is 3.25. The molecule has 0 saturated carbocycles. The van der Waals surface area contributed by atoms with Crippen LogP contribution >= 0.6 is 23.1 Å². The molecule has 6 heteroatoms. The van der Waals surface area contributed by atoms with E-state index in [9.17, 15) is 0 Å². The normalized spacial score (nSPS) is 21.0. The Hall–Kier alpha value is -0.230. The lowest BCUT2D eigenvalue weighted by atomic mass is 9.99. The number of hydrogen-bond donors (Lipinski definition) is 1. The average molecular weight is 275 g/mol. The largest absolute Gasteiger partial charge is 0.316 e. The van der Waals surface area contributed by atoms with E-state index in [0.29, 0.717) is 0 Å². The van der Waals surface area contributed by atoms with Crippen LogP contribution in [0.15, 0.2) is 0 Å². The molecule has 1 aromatic heterocycles. The van der Waals surface area contributed by atoms with Crippen molar-refractivity contribution in [3.05, 3.63) is 10.0 Å². The Morgan fingerprint density at radius 1 is 1.59 bits per heavy atom. The van der Waals surface area contributed by atoms with E-state index in [1.165, 1.54) is 30.9 Å². The quantitative estimate of drug-likeness (QED) is 0.892. The lowest BCUT2D eigenvalue weighted by molar-refractivity contribution is 0.208. The highest BCUT2D eigenvalue weighted by molar-refractivity contribution is 7.10. The minimum absolute atomic E-state index is 0.727. The van der Waals surface area contributed by atoms with Gasteiger partial charge in [-0.15, -0.1) is 5.10 Å². The van der Waals surface area contributed by atoms with Gasteiger partial charge in [0.25, 0.3) is 0 Å². The molecule has 0 aromatic carbocycles. The second-order valence-electron chi connectivity index (χ2n) is 4.53. The van der Waals surface area contributed by atoms with E-state index in [-0.39, 0.29) is 0 Å². The van der Waals surface area contributed by atoms with Crippen LogP contribution in [0.4, 0.5) is 0 Å². The summed E-state index contributed by atoms with van der Waals surface area (Å²) < 4.78 is 4.60. The van der Waals surface area contributed by atoms with Crippen molar-refractivity contribution in [2.45, 2.75) is 26.3 Å². The van der Waals surface area contributed by atoms with Crippen molar-refractivity contribution in [1.82, 2.24) is 19.8 Å². The van der Waals surface area contributed by atoms with E-state index < -0.39 is 0 Å². The smallest absolute Gasteiger partial charge is 0.138 e. The molecule has 1 fully saturated rings. The zero-order valence-electron chi connectivity index (χ0n) is 10.2. The number of piperidine rings is 1. The van der Waals surface area contributed by atoms with Crippen molar-refractivity contribution in [1.29, 1.82) is 0 Å². The number of hydrogen-bond acceptors (Lipinski definition) is 5. The standard InChI is InChI=1S/C11H19ClN4S/c1-2-16(7-9-4-3-5-13-6-9)8-10-11(12)17-15-14-10/h9,13H,2-8H2,1H3. The second-order valence-corrected chi connectivity index (χ2v) is 5.89. The molecule has 0 radical (unpaired) electrons. The SMILES string of the molecule is CCN(Cc1nnsc1Cl)CC1CCCNC1. The van der Waals surface area contributed by atoms with Crippen LogP contribution in [0, 0.1) is 5.92 Å². The Balaban J connectivity index is 1.85. The third-order valence-corrected chi connectivity index (χ3v) is 4.23. The van der Waals surface area contributed by atoms with Gasteiger partial charge in [-0.25, -0.2) is 0 Å². The van der Waals surface area contributed by atoms with Crippen molar-refractivity contribution >= 4 is 23.1 Å². The Morgan fingerprint density at radius 3 is 3.06 bits per heavy atom. The van der Waals surface area contributed by atoms with Crippen molar-refractivity contribution in [2.75, 3.05) is 26.2 Å². The fourth-order valence-corrected chi connectivity index (χ4v) is 2.87. The van der Waals surface area contributed by atoms with Crippen LogP contribution in [0.5, 0.6) is 0 Å². The van der Waals surface area contributed by atoms with E-state index in [1.807, 2.05) is 0 Å². The van der Waals surface area contributed by atoms with Crippen molar-refractivity contribution in [3.8, 4) is 0 Å². The maximum absolute atomic E-state index is 6.04. The molecular weight excluding hydrogens is 256 g/mol. The Kier molecular flexibility index (Phi) is 5.16. The Morgan fingerprint density at radius 2 is 2.47 bits per heavy atom. The summed E-state index contributed by atoms with van der Waals surface area (Å²) in [6.07, 6.45) is 2.62. The lowest BCUT2D eigenvalue weighted by Gasteiger charge is -2.28. The predicted molar refractivity (Wildman–Crippen MR) is 71.5 cm³/mol. The first-order valence-electron chi connectivity index (χ1n) is 6.19. The van der Waals surface area contributed by atoms with Gasteiger partial charge in [0.1, 0.15) is 10.0 Å². The van der Waals surface area contributed by atoms with E-state index in [1.54, 1.807) is 0 Å². The maximum atomic E-state index is 6.04. The number of nitrogens with one attached hydrogen (secondary N) is 1. The first-order chi connectivity index (χ1) is 8.29. The predicted octanol–water partition coefficient (Wildman–Crippen LogP) is 2.01. The van der Waals surface area contributed by atoms with Gasteiger partial charge in [-0.2, -0.15) is 0 Å². The van der Waals surface area contributed by atoms with Gasteiger partial charge in [0.2, 0.25) is 0 Å². The third kappa shape index (κ3) is 3.88. The molecule has 2 rings (SSSR count). The molecule has 4 nitrogen and oxygen atoms in total. The van der Waals surface area contributed by atoms with Crippen molar-refractivity contribution < 1.29 is 0 Å². The number of aromatic nitrogens is 2. The molecule has 0 bridgehead atoms. The Bertz CT molecular complexity index is 338. The fraction of sp³-hybridized carbons (Fsp3) is 0.818. The van der Waals surface area contributed by atoms with Crippen LogP contribution in [-0.2, 0) is 6.54 Å². The van der Waals surface area contributed by atoms with Crippen molar-refractivity contribution in [3.63, 3.8) is 0 Å². The lowest BCUT2D eigenvalue weighted by Crippen LogP contribution is -2.38. The van der Waals surface area contributed by atoms with Gasteiger partial charge in [0.15, 0.2) is 0 Å². The van der Waals surface area contributed by atoms with Gasteiger partial charge in [-0.1, -0.05) is 23.0 Å². The molecule has 1 atom stereocenters. The van der Waals surface area contributed by atoms with Crippen LogP contribution in [0.2, 0.25) is 4.34 Å². The number of nitrogens with zero attached hydrogens (tertiary/aromatic N) is 3. The maximum Gasteiger partial charge on any atom is 0.138 e. The monoisotopic (exact) mass is 274 g/mol. The van der Waals surface area contributed by atoms with E-state index in [0.717, 1.165) is 42.1 Å². The minimum atomic E-state index is 0.727. The van der Waals surface area contributed by atoms with Gasteiger partial charge in [-0.3, -0.25) is 4.90 Å². The summed E-state index contributed by atoms with van der Waals surface area (Å²) in [7, 11) is 0. The molecule has 1 aliphatic rings. The van der Waals surface area contributed by atoms with Crippen molar-refractivity contribution in [2.24, 2.45) is 5.92 Å². The molecule has 17 heavy (non-hydrogen) atoms. The molecule has 0 aliphatic carbocycles. The zero-order valence-corrected chi connectivity index (χ0v) is 11.7. The summed E-state index contributed by atoms with van der Waals surface area (Å²) >= 11 is 7.31. The van der Waals surface area contributed by atoms with Crippen LogP contribution in [0.3, 0.4) is 0 Å². The molecule has 0 spiro atoms. The Labute approximate surface area is 112 Å². The number of rotatable bonds is 5. The van der Waals surface area contributed by atoms with Crippen LogP contribution in [0.25, 0.3) is 0 Å². The summed E-state index contributed by atoms with van der Waals surface area (Å²) in [6.45, 7) is 7.47. The molecule has 1 aliphatic heterocycles. The van der Waals surface area contributed by atoms with E-state index in [4.69, 9.17) is 11.6 Å². The van der Waals surface area contributed by atoms with Gasteiger partial charge >= 0.3 is 0 Å². The summed E-state index contributed by atoms with van der Waals surface area (Å²) in [4.78, 5) is 2.40. The molecule has 1 aromatic rings. The van der Waals surface area contributed by atoms with Gasteiger partial charge < -0.3 is 5.32 Å². The average Bonchev–Trinajstić information content (AvgIpc) is 2.75. The summed E-state index contributed by atoms with van der Waals surface area (Å²) in [5.74, 6) is 0.758. The van der Waals surface area contributed by atoms with Gasteiger partial charge in [0.05, 0.1) is 0 Å².